The Morgan fingerprint density at radius 3 is 3.04 bits per heavy atom. The van der Waals surface area contributed by atoms with E-state index < -0.39 is 0 Å². The van der Waals surface area contributed by atoms with Gasteiger partial charge in [-0.05, 0) is 37.0 Å². The minimum atomic E-state index is -0.165. The Balaban J connectivity index is 1.76. The summed E-state index contributed by atoms with van der Waals surface area (Å²) in [5, 5.41) is 2.88. The summed E-state index contributed by atoms with van der Waals surface area (Å²) in [5.74, 6) is -0.165. The average molecular weight is 305 g/mol. The highest BCUT2D eigenvalue weighted by atomic mass is 16.1. The number of nitrogens with one attached hydrogen (secondary N) is 2. The number of rotatable bonds is 2. The number of aromatic nitrogens is 4. The van der Waals surface area contributed by atoms with Gasteiger partial charge in [0.2, 0.25) is 0 Å². The van der Waals surface area contributed by atoms with Crippen molar-refractivity contribution >= 4 is 11.6 Å². The summed E-state index contributed by atoms with van der Waals surface area (Å²) >= 11 is 0. The van der Waals surface area contributed by atoms with Gasteiger partial charge in [0.25, 0.3) is 5.91 Å². The number of fused-ring (bicyclic) bond motifs is 3. The fraction of sp³-hybridized carbons (Fsp3) is 0.176. The van der Waals surface area contributed by atoms with Crippen molar-refractivity contribution in [3.8, 4) is 11.3 Å². The summed E-state index contributed by atoms with van der Waals surface area (Å²) in [6.07, 6.45) is 11.3. The first-order valence-corrected chi connectivity index (χ1v) is 7.54. The summed E-state index contributed by atoms with van der Waals surface area (Å²) in [7, 11) is 0. The molecule has 1 amide bonds. The maximum atomic E-state index is 12.7. The van der Waals surface area contributed by atoms with Gasteiger partial charge >= 0.3 is 0 Å². The largest absolute Gasteiger partial charge is 0.364 e. The fourth-order valence-electron chi connectivity index (χ4n) is 2.97. The Kier molecular flexibility index (Phi) is 3.34. The number of amides is 1. The first-order chi connectivity index (χ1) is 11.3. The first-order valence-electron chi connectivity index (χ1n) is 7.54. The second kappa shape index (κ2) is 5.64. The van der Waals surface area contributed by atoms with Crippen LogP contribution in [-0.2, 0) is 12.8 Å². The zero-order valence-corrected chi connectivity index (χ0v) is 12.4. The molecule has 23 heavy (non-hydrogen) atoms. The molecular formula is C17H15N5O. The number of aryl methyl sites for hydroxylation is 2. The van der Waals surface area contributed by atoms with Crippen LogP contribution in [0.15, 0.2) is 43.2 Å². The number of aromatic amines is 1. The second-order valence-corrected chi connectivity index (χ2v) is 5.50. The number of anilines is 1. The summed E-state index contributed by atoms with van der Waals surface area (Å²) < 4.78 is 0. The zero-order valence-electron chi connectivity index (χ0n) is 12.4. The van der Waals surface area contributed by atoms with Gasteiger partial charge in [0.05, 0.1) is 23.1 Å². The number of carbonyl (C=O) groups excluding carboxylic acids is 1. The lowest BCUT2D eigenvalue weighted by Gasteiger charge is -2.08. The van der Waals surface area contributed by atoms with Crippen molar-refractivity contribution in [1.29, 1.82) is 0 Å². The summed E-state index contributed by atoms with van der Waals surface area (Å²) in [4.78, 5) is 28.4. The minimum absolute atomic E-state index is 0.165. The monoisotopic (exact) mass is 305 g/mol. The van der Waals surface area contributed by atoms with Gasteiger partial charge in [0, 0.05) is 29.8 Å². The van der Waals surface area contributed by atoms with E-state index in [0.717, 1.165) is 41.8 Å². The third-order valence-electron chi connectivity index (χ3n) is 4.02. The molecule has 1 aliphatic rings. The van der Waals surface area contributed by atoms with Crippen LogP contribution in [0.2, 0.25) is 0 Å². The number of nitrogens with zero attached hydrogens (tertiary/aromatic N) is 3. The highest BCUT2D eigenvalue weighted by Crippen LogP contribution is 2.33. The molecule has 0 aliphatic heterocycles. The number of carbonyl (C=O) groups is 1. The molecule has 6 nitrogen and oxygen atoms in total. The van der Waals surface area contributed by atoms with E-state index in [1.807, 2.05) is 12.3 Å². The Labute approximate surface area is 133 Å². The highest BCUT2D eigenvalue weighted by molar-refractivity contribution is 6.09. The maximum Gasteiger partial charge on any atom is 0.257 e. The average Bonchev–Trinajstić information content (AvgIpc) is 2.92. The van der Waals surface area contributed by atoms with Crippen molar-refractivity contribution < 1.29 is 4.79 Å². The number of hydrogen-bond donors (Lipinski definition) is 2. The van der Waals surface area contributed by atoms with E-state index in [-0.39, 0.29) is 5.91 Å². The molecule has 3 aromatic heterocycles. The lowest BCUT2D eigenvalue weighted by atomic mass is 10.0. The molecule has 2 N–H and O–H groups in total. The lowest BCUT2D eigenvalue weighted by molar-refractivity contribution is 0.102. The topological polar surface area (TPSA) is 83.6 Å². The van der Waals surface area contributed by atoms with E-state index in [1.165, 1.54) is 6.33 Å². The normalized spacial score (nSPS) is 12.9. The summed E-state index contributed by atoms with van der Waals surface area (Å²) in [6, 6.07) is 3.60. The molecular weight excluding hydrogens is 290 g/mol. The molecule has 0 unspecified atom stereocenters. The van der Waals surface area contributed by atoms with E-state index in [2.05, 4.69) is 25.3 Å². The number of pyridine rings is 1. The van der Waals surface area contributed by atoms with E-state index in [4.69, 9.17) is 0 Å². The fourth-order valence-corrected chi connectivity index (χ4v) is 2.97. The summed E-state index contributed by atoms with van der Waals surface area (Å²) in [5.41, 5.74) is 5.15. The Hall–Kier alpha value is -3.02. The van der Waals surface area contributed by atoms with Crippen LogP contribution >= 0.6 is 0 Å². The van der Waals surface area contributed by atoms with Crippen molar-refractivity contribution in [3.63, 3.8) is 0 Å². The van der Waals surface area contributed by atoms with Crippen LogP contribution in [0.3, 0.4) is 0 Å². The lowest BCUT2D eigenvalue weighted by Crippen LogP contribution is -2.12. The molecule has 4 rings (SSSR count). The van der Waals surface area contributed by atoms with Crippen molar-refractivity contribution in [1.82, 2.24) is 19.9 Å². The van der Waals surface area contributed by atoms with Gasteiger partial charge in [-0.1, -0.05) is 0 Å². The molecule has 3 aromatic rings. The zero-order chi connectivity index (χ0) is 15.6. The van der Waals surface area contributed by atoms with E-state index in [9.17, 15) is 4.79 Å². The molecule has 1 aliphatic carbocycles. The Morgan fingerprint density at radius 2 is 2.17 bits per heavy atom. The van der Waals surface area contributed by atoms with Crippen LogP contribution in [0.25, 0.3) is 11.3 Å². The van der Waals surface area contributed by atoms with Gasteiger partial charge in [-0.15, -0.1) is 0 Å². The van der Waals surface area contributed by atoms with Crippen LogP contribution in [0, 0.1) is 0 Å². The van der Waals surface area contributed by atoms with E-state index >= 15 is 0 Å². The molecule has 0 atom stereocenters. The number of H-pyrrole nitrogens is 1. The quantitative estimate of drug-likeness (QED) is 0.762. The molecule has 0 aromatic carbocycles. The molecule has 114 valence electrons. The molecule has 0 bridgehead atoms. The van der Waals surface area contributed by atoms with Gasteiger partial charge < -0.3 is 10.3 Å². The molecule has 6 heteroatoms. The maximum absolute atomic E-state index is 12.7. The predicted molar refractivity (Wildman–Crippen MR) is 86.0 cm³/mol. The van der Waals surface area contributed by atoms with Crippen LogP contribution in [-0.4, -0.2) is 25.8 Å². The van der Waals surface area contributed by atoms with Crippen molar-refractivity contribution in [2.45, 2.75) is 19.3 Å². The standard InChI is InChI=1S/C17H15N5O/c23-17(22-12-4-2-6-18-8-12)13-9-20-14-5-1-3-11-7-19-10-21-16(11)15(13)14/h2,4,6-10,20H,1,3,5H2,(H,22,23). The van der Waals surface area contributed by atoms with Gasteiger partial charge in [0.15, 0.2) is 0 Å². The highest BCUT2D eigenvalue weighted by Gasteiger charge is 2.24. The van der Waals surface area contributed by atoms with Crippen molar-refractivity contribution in [2.24, 2.45) is 0 Å². The molecule has 0 fully saturated rings. The predicted octanol–water partition coefficient (Wildman–Crippen LogP) is 2.61. The molecule has 0 saturated carbocycles. The van der Waals surface area contributed by atoms with E-state index in [0.29, 0.717) is 11.3 Å². The smallest absolute Gasteiger partial charge is 0.257 e. The molecule has 0 spiro atoms. The van der Waals surface area contributed by atoms with Crippen LogP contribution in [0.5, 0.6) is 0 Å². The van der Waals surface area contributed by atoms with Crippen LogP contribution in [0.1, 0.15) is 28.0 Å². The summed E-state index contributed by atoms with van der Waals surface area (Å²) in [6.45, 7) is 0. The molecule has 0 radical (unpaired) electrons. The third-order valence-corrected chi connectivity index (χ3v) is 4.02. The molecule has 3 heterocycles. The Morgan fingerprint density at radius 1 is 1.22 bits per heavy atom. The van der Waals surface area contributed by atoms with Gasteiger partial charge in [-0.25, -0.2) is 9.97 Å². The van der Waals surface area contributed by atoms with E-state index in [1.54, 1.807) is 24.7 Å². The number of hydrogen-bond acceptors (Lipinski definition) is 4. The van der Waals surface area contributed by atoms with Crippen molar-refractivity contribution in [3.05, 3.63) is 60.1 Å². The minimum Gasteiger partial charge on any atom is -0.364 e. The van der Waals surface area contributed by atoms with Gasteiger partial charge in [-0.2, -0.15) is 0 Å². The first kappa shape index (κ1) is 13.6. The van der Waals surface area contributed by atoms with Crippen LogP contribution in [0.4, 0.5) is 5.69 Å². The SMILES string of the molecule is O=C(Nc1cccnc1)c1c[nH]c2c1-c1ncncc1CCC2. The van der Waals surface area contributed by atoms with Crippen LogP contribution < -0.4 is 5.32 Å². The Bertz CT molecular complexity index is 856. The van der Waals surface area contributed by atoms with Gasteiger partial charge in [-0.3, -0.25) is 9.78 Å². The second-order valence-electron chi connectivity index (χ2n) is 5.50. The molecule has 0 saturated heterocycles. The van der Waals surface area contributed by atoms with Gasteiger partial charge in [0.1, 0.15) is 6.33 Å². The van der Waals surface area contributed by atoms with Crippen molar-refractivity contribution in [2.75, 3.05) is 5.32 Å². The third kappa shape index (κ3) is 2.48.